The van der Waals surface area contributed by atoms with Gasteiger partial charge in [0.15, 0.2) is 0 Å². The molecule has 3 rings (SSSR count). The van der Waals surface area contributed by atoms with Gasteiger partial charge in [-0.05, 0) is 29.5 Å². The zero-order chi connectivity index (χ0) is 14.7. The van der Waals surface area contributed by atoms with Crippen molar-refractivity contribution in [3.8, 4) is 0 Å². The third-order valence-electron chi connectivity index (χ3n) is 4.14. The maximum absolute atomic E-state index is 12.5. The number of carbonyl (C=O) groups excluding carboxylic acids is 1. The topological polar surface area (TPSA) is 49.3 Å². The van der Waals surface area contributed by atoms with Gasteiger partial charge in [-0.1, -0.05) is 54.6 Å². The van der Waals surface area contributed by atoms with Crippen LogP contribution in [-0.4, -0.2) is 11.0 Å². The fraction of sp³-hybridized carbons (Fsp3) is 0.278. The standard InChI is InChI=1S/C18H19NO2/c20-13-15-6-4-5-14(11-15)12-19-17(21)18(9-10-18)16-7-2-1-3-8-16/h1-8,11,20H,9-10,12-13H2,(H,19,21). The molecule has 1 aliphatic rings. The van der Waals surface area contributed by atoms with Gasteiger partial charge in [-0.2, -0.15) is 0 Å². The molecule has 0 spiro atoms. The molecule has 2 N–H and O–H groups in total. The van der Waals surface area contributed by atoms with Gasteiger partial charge in [0.2, 0.25) is 5.91 Å². The van der Waals surface area contributed by atoms with E-state index in [1.165, 1.54) is 0 Å². The Morgan fingerprint density at radius 2 is 1.76 bits per heavy atom. The molecular weight excluding hydrogens is 262 g/mol. The molecule has 0 unspecified atom stereocenters. The maximum atomic E-state index is 12.5. The molecule has 3 nitrogen and oxygen atoms in total. The molecule has 1 aliphatic carbocycles. The third-order valence-corrected chi connectivity index (χ3v) is 4.14. The van der Waals surface area contributed by atoms with Crippen LogP contribution in [0.15, 0.2) is 54.6 Å². The molecule has 0 saturated heterocycles. The lowest BCUT2D eigenvalue weighted by molar-refractivity contribution is -0.123. The summed E-state index contributed by atoms with van der Waals surface area (Å²) in [5, 5.41) is 12.2. The lowest BCUT2D eigenvalue weighted by Crippen LogP contribution is -2.34. The monoisotopic (exact) mass is 281 g/mol. The van der Waals surface area contributed by atoms with Gasteiger partial charge in [-0.3, -0.25) is 4.79 Å². The van der Waals surface area contributed by atoms with Gasteiger partial charge in [0.1, 0.15) is 0 Å². The molecule has 0 aliphatic heterocycles. The first-order valence-corrected chi connectivity index (χ1v) is 7.27. The Kier molecular flexibility index (Phi) is 3.76. The molecule has 2 aromatic rings. The van der Waals surface area contributed by atoms with E-state index in [1.807, 2.05) is 54.6 Å². The normalized spacial score (nSPS) is 15.5. The van der Waals surface area contributed by atoms with Gasteiger partial charge in [0, 0.05) is 6.54 Å². The highest BCUT2D eigenvalue weighted by molar-refractivity contribution is 5.91. The van der Waals surface area contributed by atoms with E-state index in [0.717, 1.165) is 29.5 Å². The number of hydrogen-bond acceptors (Lipinski definition) is 2. The first-order chi connectivity index (χ1) is 10.2. The number of nitrogens with one attached hydrogen (secondary N) is 1. The minimum atomic E-state index is -0.324. The summed E-state index contributed by atoms with van der Waals surface area (Å²) in [5.74, 6) is 0.100. The molecule has 0 bridgehead atoms. The van der Waals surface area contributed by atoms with E-state index in [-0.39, 0.29) is 17.9 Å². The van der Waals surface area contributed by atoms with Gasteiger partial charge in [-0.15, -0.1) is 0 Å². The van der Waals surface area contributed by atoms with Gasteiger partial charge < -0.3 is 10.4 Å². The Hall–Kier alpha value is -2.13. The molecule has 0 atom stereocenters. The van der Waals surface area contributed by atoms with E-state index in [1.54, 1.807) is 0 Å². The molecule has 3 heteroatoms. The van der Waals surface area contributed by atoms with Crippen molar-refractivity contribution in [1.29, 1.82) is 0 Å². The first-order valence-electron chi connectivity index (χ1n) is 7.27. The summed E-state index contributed by atoms with van der Waals surface area (Å²) in [7, 11) is 0. The van der Waals surface area contributed by atoms with Gasteiger partial charge >= 0.3 is 0 Å². The van der Waals surface area contributed by atoms with Crippen LogP contribution in [0.25, 0.3) is 0 Å². The molecule has 108 valence electrons. The second-order valence-corrected chi connectivity index (χ2v) is 5.61. The van der Waals surface area contributed by atoms with Crippen LogP contribution in [0.4, 0.5) is 0 Å². The highest BCUT2D eigenvalue weighted by atomic mass is 16.3. The number of rotatable bonds is 5. The third kappa shape index (κ3) is 2.83. The Morgan fingerprint density at radius 1 is 1.05 bits per heavy atom. The van der Waals surface area contributed by atoms with E-state index in [4.69, 9.17) is 5.11 Å². The van der Waals surface area contributed by atoms with Crippen LogP contribution in [0.1, 0.15) is 29.5 Å². The summed E-state index contributed by atoms with van der Waals surface area (Å²) < 4.78 is 0. The summed E-state index contributed by atoms with van der Waals surface area (Å²) in [6, 6.07) is 17.6. The highest BCUT2D eigenvalue weighted by Gasteiger charge is 2.50. The fourth-order valence-corrected chi connectivity index (χ4v) is 2.72. The predicted molar refractivity (Wildman–Crippen MR) is 81.6 cm³/mol. The van der Waals surface area contributed by atoms with Crippen molar-refractivity contribution in [3.05, 3.63) is 71.3 Å². The Bertz CT molecular complexity index is 633. The Labute approximate surface area is 124 Å². The van der Waals surface area contributed by atoms with Crippen molar-refractivity contribution in [2.75, 3.05) is 0 Å². The van der Waals surface area contributed by atoms with Crippen LogP contribution in [0.3, 0.4) is 0 Å². The van der Waals surface area contributed by atoms with Gasteiger partial charge in [0.05, 0.1) is 12.0 Å². The second-order valence-electron chi connectivity index (χ2n) is 5.61. The van der Waals surface area contributed by atoms with Crippen molar-refractivity contribution in [2.24, 2.45) is 0 Å². The molecule has 1 fully saturated rings. The highest BCUT2D eigenvalue weighted by Crippen LogP contribution is 2.48. The van der Waals surface area contributed by atoms with Gasteiger partial charge in [0.25, 0.3) is 0 Å². The summed E-state index contributed by atoms with van der Waals surface area (Å²) in [4.78, 5) is 12.5. The summed E-state index contributed by atoms with van der Waals surface area (Å²) in [5.41, 5.74) is 2.66. The SMILES string of the molecule is O=C(NCc1cccc(CO)c1)C1(c2ccccc2)CC1. The van der Waals surface area contributed by atoms with Crippen molar-refractivity contribution in [1.82, 2.24) is 5.32 Å². The van der Waals surface area contributed by atoms with Crippen molar-refractivity contribution >= 4 is 5.91 Å². The number of amides is 1. The maximum Gasteiger partial charge on any atom is 0.230 e. The largest absolute Gasteiger partial charge is 0.392 e. The summed E-state index contributed by atoms with van der Waals surface area (Å²) in [6.07, 6.45) is 1.83. The minimum absolute atomic E-state index is 0.0236. The second kappa shape index (κ2) is 5.70. The van der Waals surface area contributed by atoms with E-state index < -0.39 is 0 Å². The molecule has 21 heavy (non-hydrogen) atoms. The molecule has 1 saturated carbocycles. The van der Waals surface area contributed by atoms with E-state index in [9.17, 15) is 4.79 Å². The average molecular weight is 281 g/mol. The van der Waals surface area contributed by atoms with Crippen LogP contribution >= 0.6 is 0 Å². The average Bonchev–Trinajstić information content (AvgIpc) is 3.35. The van der Waals surface area contributed by atoms with E-state index in [2.05, 4.69) is 5.32 Å². The van der Waals surface area contributed by atoms with Crippen LogP contribution in [-0.2, 0) is 23.4 Å². The van der Waals surface area contributed by atoms with Crippen LogP contribution < -0.4 is 5.32 Å². The quantitative estimate of drug-likeness (QED) is 0.885. The Morgan fingerprint density at radius 3 is 2.43 bits per heavy atom. The summed E-state index contributed by atoms with van der Waals surface area (Å²) in [6.45, 7) is 0.525. The van der Waals surface area contributed by atoms with Crippen LogP contribution in [0.2, 0.25) is 0 Å². The number of carbonyl (C=O) groups is 1. The smallest absolute Gasteiger partial charge is 0.230 e. The van der Waals surface area contributed by atoms with Crippen LogP contribution in [0, 0.1) is 0 Å². The number of aliphatic hydroxyl groups excluding tert-OH is 1. The zero-order valence-corrected chi connectivity index (χ0v) is 11.9. The van der Waals surface area contributed by atoms with Crippen molar-refractivity contribution in [2.45, 2.75) is 31.4 Å². The molecule has 0 radical (unpaired) electrons. The predicted octanol–water partition coefficient (Wildman–Crippen LogP) is 2.53. The van der Waals surface area contributed by atoms with Crippen LogP contribution in [0.5, 0.6) is 0 Å². The van der Waals surface area contributed by atoms with E-state index >= 15 is 0 Å². The Balaban J connectivity index is 1.67. The molecule has 2 aromatic carbocycles. The minimum Gasteiger partial charge on any atom is -0.392 e. The lowest BCUT2D eigenvalue weighted by atomic mass is 9.95. The number of benzene rings is 2. The molecule has 0 aromatic heterocycles. The zero-order valence-electron chi connectivity index (χ0n) is 11.9. The number of hydrogen-bond donors (Lipinski definition) is 2. The molecular formula is C18H19NO2. The number of aliphatic hydroxyl groups is 1. The van der Waals surface area contributed by atoms with Crippen molar-refractivity contribution in [3.63, 3.8) is 0 Å². The van der Waals surface area contributed by atoms with Crippen molar-refractivity contribution < 1.29 is 9.90 Å². The van der Waals surface area contributed by atoms with Gasteiger partial charge in [-0.25, -0.2) is 0 Å². The summed E-state index contributed by atoms with van der Waals surface area (Å²) >= 11 is 0. The molecule has 1 amide bonds. The molecule has 0 heterocycles. The lowest BCUT2D eigenvalue weighted by Gasteiger charge is -2.16. The fourth-order valence-electron chi connectivity index (χ4n) is 2.72. The van der Waals surface area contributed by atoms with E-state index in [0.29, 0.717) is 6.54 Å². The first kappa shape index (κ1) is 13.8.